The van der Waals surface area contributed by atoms with E-state index < -0.39 is 7.69 Å². The molecule has 3 nitrogen and oxygen atoms in total. The maximum Gasteiger partial charge on any atom is 1.00 e. The van der Waals surface area contributed by atoms with E-state index in [1.54, 1.807) is 0 Å². The minimum absolute atomic E-state index is 0. The van der Waals surface area contributed by atoms with Gasteiger partial charge in [-0.15, -0.1) is 7.92 Å². The van der Waals surface area contributed by atoms with E-state index in [0.29, 0.717) is 7.92 Å². The van der Waals surface area contributed by atoms with E-state index >= 15 is 0 Å². The van der Waals surface area contributed by atoms with Crippen molar-refractivity contribution in [2.45, 2.75) is 0 Å². The molecule has 0 bridgehead atoms. The molecule has 0 unspecified atom stereocenters. The summed E-state index contributed by atoms with van der Waals surface area (Å²) in [5, 5.41) is 15.5. The second-order valence-corrected chi connectivity index (χ2v) is 4.15. The summed E-state index contributed by atoms with van der Waals surface area (Å²) >= 11 is 0. The molecule has 0 heterocycles. The molecule has 9 heavy (non-hydrogen) atoms. The molecule has 0 aromatic carbocycles. The molecule has 0 radical (unpaired) electrons. The fourth-order valence-electron chi connectivity index (χ4n) is 0. The Morgan fingerprint density at radius 1 is 1.33 bits per heavy atom. The first-order valence-corrected chi connectivity index (χ1v) is 4.63. The van der Waals surface area contributed by atoms with Gasteiger partial charge in [0, 0.05) is 0 Å². The van der Waals surface area contributed by atoms with Crippen molar-refractivity contribution in [3.63, 3.8) is 0 Å². The van der Waals surface area contributed by atoms with Gasteiger partial charge in [0.2, 0.25) is 0 Å². The van der Waals surface area contributed by atoms with Crippen molar-refractivity contribution in [1.82, 2.24) is 0 Å². The molecule has 3 N–H and O–H groups in total. The van der Waals surface area contributed by atoms with Crippen molar-refractivity contribution in [2.24, 2.45) is 0 Å². The number of rotatable bonds is 0. The molecule has 0 saturated carbocycles. The first-order chi connectivity index (χ1) is 3.15. The van der Waals surface area contributed by atoms with Crippen molar-refractivity contribution < 1.29 is 66.9 Å². The third kappa shape index (κ3) is 159. The van der Waals surface area contributed by atoms with E-state index in [1.165, 1.54) is 0 Å². The van der Waals surface area contributed by atoms with Gasteiger partial charge >= 0.3 is 51.4 Å². The summed E-state index contributed by atoms with van der Waals surface area (Å²) in [6, 6.07) is 0. The molecule has 0 amide bonds. The summed E-state index contributed by atoms with van der Waals surface area (Å²) in [7, 11) is -0.620. The largest absolute Gasteiger partial charge is 1.00 e. The van der Waals surface area contributed by atoms with Crippen molar-refractivity contribution in [3.05, 3.63) is 0 Å². The fraction of sp³-hybridized carbons (Fsp3) is 1.00. The van der Waals surface area contributed by atoms with Crippen LogP contribution in [-0.2, 0) is 0 Å². The summed E-state index contributed by atoms with van der Waals surface area (Å²) < 4.78 is 0. The average molecular weight is 178 g/mol. The number of hydrogen-bond donors (Lipinski definition) is 1. The van der Waals surface area contributed by atoms with Crippen LogP contribution in [-0.4, -0.2) is 38.2 Å². The van der Waals surface area contributed by atoms with Gasteiger partial charge in [-0.25, -0.2) is 0 Å². The third-order valence-corrected chi connectivity index (χ3v) is 0. The summed E-state index contributed by atoms with van der Waals surface area (Å²) in [5.74, 6) is 0. The predicted molar refractivity (Wildman–Crippen MR) is 37.7 cm³/mol. The molecular formula is C3H13BKO3P. The molecule has 0 spiro atoms. The van der Waals surface area contributed by atoms with Crippen LogP contribution in [0, 0.1) is 0 Å². The van der Waals surface area contributed by atoms with E-state index in [4.69, 9.17) is 10.0 Å². The van der Waals surface area contributed by atoms with Crippen molar-refractivity contribution in [3.8, 4) is 0 Å². The Balaban J connectivity index is -0.0000000233. The Labute approximate surface area is 101 Å². The van der Waals surface area contributed by atoms with E-state index in [1.807, 2.05) is 0 Å². The standard InChI is InChI=1S/C3H9P.BH2O2.K.H2O/c1-4(2)3;2-1-3;;/h1-3H3;1-2H;;1H2/q;-1;+1;. The quantitative estimate of drug-likeness (QED) is 0.298. The van der Waals surface area contributed by atoms with Gasteiger partial charge in [0.05, 0.1) is 0 Å². The molecule has 0 saturated heterocycles. The second kappa shape index (κ2) is 22.5. The van der Waals surface area contributed by atoms with Gasteiger partial charge in [-0.3, -0.25) is 0 Å². The molecule has 0 aliphatic carbocycles. The van der Waals surface area contributed by atoms with Crippen LogP contribution in [0.15, 0.2) is 0 Å². The summed E-state index contributed by atoms with van der Waals surface area (Å²) in [5.41, 5.74) is 0. The second-order valence-electron chi connectivity index (χ2n) is 1.47. The number of hydrogen-bond acceptors (Lipinski definition) is 2. The molecule has 0 aromatic heterocycles. The maximum absolute atomic E-state index is 8.49. The zero-order valence-electron chi connectivity index (χ0n) is 6.51. The van der Waals surface area contributed by atoms with E-state index in [2.05, 4.69) is 20.0 Å². The predicted octanol–water partition coefficient (Wildman–Crippen LogP) is -4.86. The van der Waals surface area contributed by atoms with Crippen LogP contribution in [0.5, 0.6) is 0 Å². The van der Waals surface area contributed by atoms with Crippen LogP contribution < -0.4 is 56.4 Å². The fourth-order valence-corrected chi connectivity index (χ4v) is 0. The van der Waals surface area contributed by atoms with Crippen LogP contribution in [0.2, 0.25) is 0 Å². The van der Waals surface area contributed by atoms with E-state index in [0.717, 1.165) is 0 Å². The Hall–Kier alpha value is 2.01. The van der Waals surface area contributed by atoms with Gasteiger partial charge in [0.1, 0.15) is 0 Å². The topological polar surface area (TPSA) is 74.8 Å². The molecular weight excluding hydrogens is 165 g/mol. The first-order valence-electron chi connectivity index (χ1n) is 1.95. The van der Waals surface area contributed by atoms with Crippen LogP contribution >= 0.6 is 7.92 Å². The van der Waals surface area contributed by atoms with Crippen LogP contribution in [0.4, 0.5) is 0 Å². The van der Waals surface area contributed by atoms with Gasteiger partial charge in [-0.2, -0.15) is 0 Å². The maximum atomic E-state index is 8.49. The van der Waals surface area contributed by atoms with Crippen LogP contribution in [0.25, 0.3) is 0 Å². The average Bonchev–Trinajstić information content (AvgIpc) is 1.33. The minimum Gasteiger partial charge on any atom is -0.859 e. The Kier molecular flexibility index (Phi) is 56.1. The van der Waals surface area contributed by atoms with Crippen LogP contribution in [0.3, 0.4) is 0 Å². The summed E-state index contributed by atoms with van der Waals surface area (Å²) in [4.78, 5) is 0. The Bertz CT molecular complexity index is 30.3. The summed E-state index contributed by atoms with van der Waals surface area (Å²) in [6.45, 7) is 6.69. The van der Waals surface area contributed by atoms with Crippen LogP contribution in [0.1, 0.15) is 0 Å². The van der Waals surface area contributed by atoms with Gasteiger partial charge in [0.25, 0.3) is 0 Å². The minimum atomic E-state index is -1.00. The molecule has 0 rings (SSSR count). The van der Waals surface area contributed by atoms with E-state index in [-0.39, 0.29) is 56.9 Å². The molecule has 0 fully saturated rings. The Morgan fingerprint density at radius 3 is 1.33 bits per heavy atom. The van der Waals surface area contributed by atoms with Gasteiger partial charge in [0.15, 0.2) is 7.69 Å². The SMILES string of the molecule is CP(C)C.O.[K+].[O-]BO. The third-order valence-electron chi connectivity index (χ3n) is 0. The van der Waals surface area contributed by atoms with Crippen molar-refractivity contribution >= 4 is 15.6 Å². The normalized spacial score (nSPS) is 5.56. The molecule has 0 aliphatic rings. The van der Waals surface area contributed by atoms with Gasteiger partial charge in [-0.1, -0.05) is 0 Å². The Morgan fingerprint density at radius 2 is 1.33 bits per heavy atom. The molecule has 0 aromatic rings. The first kappa shape index (κ1) is 22.5. The van der Waals surface area contributed by atoms with Gasteiger partial charge in [-0.05, 0) is 20.0 Å². The molecule has 6 heteroatoms. The van der Waals surface area contributed by atoms with Gasteiger partial charge < -0.3 is 15.5 Å². The van der Waals surface area contributed by atoms with E-state index in [9.17, 15) is 0 Å². The molecule has 0 atom stereocenters. The monoisotopic (exact) mass is 178 g/mol. The molecule has 0 aliphatic heterocycles. The van der Waals surface area contributed by atoms with Crippen molar-refractivity contribution in [2.75, 3.05) is 20.0 Å². The summed E-state index contributed by atoms with van der Waals surface area (Å²) in [6.07, 6.45) is 0. The van der Waals surface area contributed by atoms with Crippen molar-refractivity contribution in [1.29, 1.82) is 0 Å². The zero-order valence-corrected chi connectivity index (χ0v) is 10.5. The molecule has 52 valence electrons. The zero-order chi connectivity index (χ0) is 6.28. The smallest absolute Gasteiger partial charge is 0.859 e.